The third kappa shape index (κ3) is 4.45. The van der Waals surface area contributed by atoms with Gasteiger partial charge in [0, 0.05) is 3.58 Å². The molecule has 0 spiro atoms. The highest BCUT2D eigenvalue weighted by molar-refractivity contribution is 14.1. The second-order valence-corrected chi connectivity index (χ2v) is 15.5. The first-order valence-electron chi connectivity index (χ1n) is 11.1. The van der Waals surface area contributed by atoms with Crippen molar-refractivity contribution in [3.63, 3.8) is 0 Å². The molecule has 1 saturated heterocycles. The summed E-state index contributed by atoms with van der Waals surface area (Å²) in [5.41, 5.74) is 2.03. The fraction of sp³-hybridized carbons (Fsp3) is 0.346. The monoisotopic (exact) mass is 559 g/mol. The third-order valence-electron chi connectivity index (χ3n) is 6.08. The minimum atomic E-state index is -1.66. The summed E-state index contributed by atoms with van der Waals surface area (Å²) in [6.07, 6.45) is 2.57. The lowest BCUT2D eigenvalue weighted by Gasteiger charge is -2.30. The van der Waals surface area contributed by atoms with Gasteiger partial charge >= 0.3 is 6.09 Å². The molecule has 0 unspecified atom stereocenters. The van der Waals surface area contributed by atoms with Gasteiger partial charge in [0.15, 0.2) is 12.3 Å². The predicted molar refractivity (Wildman–Crippen MR) is 139 cm³/mol. The van der Waals surface area contributed by atoms with E-state index in [-0.39, 0.29) is 24.3 Å². The van der Waals surface area contributed by atoms with Crippen molar-refractivity contribution in [2.24, 2.45) is 0 Å². The summed E-state index contributed by atoms with van der Waals surface area (Å²) in [7, 11) is -1.66. The fourth-order valence-corrected chi connectivity index (χ4v) is 9.93. The maximum Gasteiger partial charge on any atom is 0.413 e. The van der Waals surface area contributed by atoms with E-state index in [9.17, 15) is 4.79 Å². The van der Waals surface area contributed by atoms with Gasteiger partial charge < -0.3 is 9.47 Å². The van der Waals surface area contributed by atoms with E-state index in [0.717, 1.165) is 27.5 Å². The minimum absolute atomic E-state index is 0.0107. The molecule has 4 nitrogen and oxygen atoms in total. The van der Waals surface area contributed by atoms with Crippen molar-refractivity contribution < 1.29 is 14.3 Å². The zero-order valence-electron chi connectivity index (χ0n) is 18.8. The largest absolute Gasteiger partial charge is 0.439 e. The number of carbonyl (C=O) groups is 1. The molecule has 2 aliphatic heterocycles. The molecule has 32 heavy (non-hydrogen) atoms. The van der Waals surface area contributed by atoms with Crippen LogP contribution in [0.3, 0.4) is 0 Å². The van der Waals surface area contributed by atoms with Crippen LogP contribution in [0.5, 0.6) is 0 Å². The lowest BCUT2D eigenvalue weighted by Crippen LogP contribution is -2.39. The molecule has 2 aliphatic rings. The van der Waals surface area contributed by atoms with E-state index in [1.54, 1.807) is 0 Å². The van der Waals surface area contributed by atoms with Crippen LogP contribution in [0, 0.1) is 0 Å². The van der Waals surface area contributed by atoms with Crippen molar-refractivity contribution in [3.8, 4) is 0 Å². The second kappa shape index (κ2) is 9.53. The molecule has 4 atom stereocenters. The van der Waals surface area contributed by atoms with Crippen LogP contribution in [0.2, 0.25) is 19.6 Å². The van der Waals surface area contributed by atoms with Crippen molar-refractivity contribution in [1.29, 1.82) is 0 Å². The van der Waals surface area contributed by atoms with Crippen molar-refractivity contribution >= 4 is 36.8 Å². The first kappa shape index (κ1) is 23.3. The van der Waals surface area contributed by atoms with Crippen LogP contribution >= 0.6 is 22.6 Å². The molecule has 2 aromatic rings. The summed E-state index contributed by atoms with van der Waals surface area (Å²) < 4.78 is 13.8. The molecule has 0 aromatic heterocycles. The first-order chi connectivity index (χ1) is 15.3. The number of rotatable bonds is 7. The van der Waals surface area contributed by atoms with Crippen molar-refractivity contribution in [2.45, 2.75) is 57.0 Å². The topological polar surface area (TPSA) is 38.8 Å². The molecule has 2 heterocycles. The quantitative estimate of drug-likeness (QED) is 0.205. The lowest BCUT2D eigenvalue weighted by atomic mass is 9.95. The highest BCUT2D eigenvalue weighted by atomic mass is 127. The van der Waals surface area contributed by atoms with E-state index in [1.807, 2.05) is 59.5 Å². The Balaban J connectivity index is 1.77. The Kier molecular flexibility index (Phi) is 6.93. The molecule has 2 aromatic carbocycles. The summed E-state index contributed by atoms with van der Waals surface area (Å²) in [5, 5.41) is 1.40. The van der Waals surface area contributed by atoms with Gasteiger partial charge in [-0.25, -0.2) is 4.79 Å². The Morgan fingerprint density at radius 1 is 1.03 bits per heavy atom. The van der Waals surface area contributed by atoms with Gasteiger partial charge in [-0.3, -0.25) is 4.90 Å². The smallest absolute Gasteiger partial charge is 0.413 e. The average Bonchev–Trinajstić information content (AvgIpc) is 3.29. The zero-order chi connectivity index (χ0) is 22.9. The van der Waals surface area contributed by atoms with E-state index in [1.165, 1.54) is 5.20 Å². The van der Waals surface area contributed by atoms with Gasteiger partial charge in [0.25, 0.3) is 0 Å². The van der Waals surface area contributed by atoms with E-state index < -0.39 is 14.3 Å². The molecule has 0 bridgehead atoms. The maximum atomic E-state index is 13.3. The van der Waals surface area contributed by atoms with Crippen LogP contribution in [0.4, 0.5) is 4.79 Å². The highest BCUT2D eigenvalue weighted by Crippen LogP contribution is 2.49. The zero-order valence-corrected chi connectivity index (χ0v) is 22.0. The van der Waals surface area contributed by atoms with Gasteiger partial charge in [-0.15, -0.1) is 6.58 Å². The molecule has 0 saturated carbocycles. The average molecular weight is 560 g/mol. The normalized spacial score (nSPS) is 25.9. The summed E-state index contributed by atoms with van der Waals surface area (Å²) in [4.78, 5) is 15.2. The van der Waals surface area contributed by atoms with E-state index in [0.29, 0.717) is 0 Å². The van der Waals surface area contributed by atoms with Crippen molar-refractivity contribution in [1.82, 2.24) is 4.90 Å². The molecule has 4 rings (SSSR count). The second-order valence-electron chi connectivity index (χ2n) is 9.33. The van der Waals surface area contributed by atoms with Gasteiger partial charge in [-0.1, -0.05) is 86.4 Å². The van der Waals surface area contributed by atoms with Crippen LogP contribution < -0.4 is 0 Å². The van der Waals surface area contributed by atoms with Gasteiger partial charge in [-0.2, -0.15) is 0 Å². The number of carbonyl (C=O) groups excluding carboxylic acids is 1. The molecule has 168 valence electrons. The van der Waals surface area contributed by atoms with E-state index >= 15 is 0 Å². The molecule has 0 aliphatic carbocycles. The number of cyclic esters (lactones) is 1. The molecule has 0 radical (unpaired) electrons. The molecular formula is C26H30INO3Si. The number of halogens is 1. The lowest BCUT2D eigenvalue weighted by molar-refractivity contribution is -0.0324. The summed E-state index contributed by atoms with van der Waals surface area (Å²) >= 11 is 2.41. The molecule has 1 amide bonds. The highest BCUT2D eigenvalue weighted by Gasteiger charge is 2.52. The number of ether oxygens (including phenoxy) is 2. The van der Waals surface area contributed by atoms with Gasteiger partial charge in [0.05, 0.1) is 14.2 Å². The SMILES string of the molecule is C=CCC[C@@H]1O[C@H](N2C(=O)O[C@H](c3ccccc3)[C@@H]2c2ccccc2)C(I)=C1[Si](C)(C)C. The van der Waals surface area contributed by atoms with Crippen LogP contribution in [0.25, 0.3) is 0 Å². The van der Waals surface area contributed by atoms with Crippen LogP contribution in [-0.4, -0.2) is 31.4 Å². The summed E-state index contributed by atoms with van der Waals surface area (Å²) in [6.45, 7) is 10.9. The fourth-order valence-electron chi connectivity index (χ4n) is 4.69. The number of hydrogen-bond donors (Lipinski definition) is 0. The number of hydrogen-bond acceptors (Lipinski definition) is 3. The Labute approximate surface area is 205 Å². The van der Waals surface area contributed by atoms with Crippen molar-refractivity contribution in [2.75, 3.05) is 0 Å². The predicted octanol–water partition coefficient (Wildman–Crippen LogP) is 7.18. The maximum absolute atomic E-state index is 13.3. The number of amides is 1. The number of benzene rings is 2. The minimum Gasteiger partial charge on any atom is -0.439 e. The third-order valence-corrected chi connectivity index (χ3v) is 9.91. The van der Waals surface area contributed by atoms with Crippen molar-refractivity contribution in [3.05, 3.63) is 93.2 Å². The summed E-state index contributed by atoms with van der Waals surface area (Å²) in [6, 6.07) is 19.9. The molecule has 0 N–H and O–H groups in total. The van der Waals surface area contributed by atoms with Crippen LogP contribution in [0.15, 0.2) is 82.1 Å². The Bertz CT molecular complexity index is 1000. The van der Waals surface area contributed by atoms with Crippen LogP contribution in [-0.2, 0) is 9.47 Å². The standard InChI is InChI=1S/C26H30INO3Si/c1-5-6-17-20-24(32(2,3)4)21(27)25(30-20)28-22(18-13-9-7-10-14-18)23(31-26(28)29)19-15-11-8-12-16-19/h5,7-16,20,22-23,25H,1,6,17H2,2-4H3/t20-,22-,23+,25-/m0/s1. The Morgan fingerprint density at radius 2 is 1.62 bits per heavy atom. The number of nitrogens with zero attached hydrogens (tertiary/aromatic N) is 1. The molecule has 1 fully saturated rings. The van der Waals surface area contributed by atoms with Gasteiger partial charge in [0.2, 0.25) is 0 Å². The van der Waals surface area contributed by atoms with Gasteiger partial charge in [-0.05, 0) is 51.8 Å². The Morgan fingerprint density at radius 3 is 2.19 bits per heavy atom. The molecular weight excluding hydrogens is 529 g/mol. The van der Waals surface area contributed by atoms with Crippen LogP contribution in [0.1, 0.15) is 36.1 Å². The summed E-state index contributed by atoms with van der Waals surface area (Å²) in [5.74, 6) is 0. The first-order valence-corrected chi connectivity index (χ1v) is 15.7. The van der Waals surface area contributed by atoms with E-state index in [2.05, 4.69) is 60.9 Å². The number of allylic oxidation sites excluding steroid dienone is 1. The van der Waals surface area contributed by atoms with Gasteiger partial charge in [0.1, 0.15) is 6.04 Å². The van der Waals surface area contributed by atoms with E-state index in [4.69, 9.17) is 9.47 Å². The molecule has 6 heteroatoms. The Hall–Kier alpha value is -1.90.